The van der Waals surface area contributed by atoms with Crippen molar-refractivity contribution in [1.29, 1.82) is 0 Å². The van der Waals surface area contributed by atoms with E-state index in [1.807, 2.05) is 37.1 Å². The molecule has 0 bridgehead atoms. The first kappa shape index (κ1) is 17.0. The van der Waals surface area contributed by atoms with Crippen molar-refractivity contribution in [3.8, 4) is 0 Å². The normalized spacial score (nSPS) is 22.9. The topological polar surface area (TPSA) is 62.2 Å². The van der Waals surface area contributed by atoms with Gasteiger partial charge in [-0.25, -0.2) is 0 Å². The predicted molar refractivity (Wildman–Crippen MR) is 93.4 cm³/mol. The van der Waals surface area contributed by atoms with Crippen LogP contribution in [0.4, 0.5) is 0 Å². The second kappa shape index (κ2) is 6.20. The molecule has 1 atom stereocenters. The lowest BCUT2D eigenvalue weighted by molar-refractivity contribution is -0.124. The number of thiophene rings is 1. The Balaban J connectivity index is 1.65. The number of carbonyl (C=O) groups excluding carboxylic acids is 2. The van der Waals surface area contributed by atoms with E-state index in [1.165, 1.54) is 11.3 Å². The molecular weight excluding hydrogens is 326 g/mol. The van der Waals surface area contributed by atoms with Gasteiger partial charge in [-0.15, -0.1) is 11.3 Å². The molecular formula is C17H23N3O3S. The van der Waals surface area contributed by atoms with E-state index in [0.717, 1.165) is 10.4 Å². The first-order chi connectivity index (χ1) is 11.3. The van der Waals surface area contributed by atoms with Crippen LogP contribution in [0.15, 0.2) is 16.6 Å². The van der Waals surface area contributed by atoms with Gasteiger partial charge in [0.05, 0.1) is 11.4 Å². The van der Waals surface area contributed by atoms with Gasteiger partial charge in [0.1, 0.15) is 5.71 Å². The van der Waals surface area contributed by atoms with Crippen molar-refractivity contribution in [2.24, 2.45) is 5.16 Å². The molecule has 2 aliphatic rings. The quantitative estimate of drug-likeness (QED) is 0.841. The number of hydrogen-bond acceptors (Lipinski definition) is 5. The molecule has 2 amide bonds. The molecule has 0 aliphatic carbocycles. The Morgan fingerprint density at radius 3 is 2.83 bits per heavy atom. The lowest BCUT2D eigenvalue weighted by Crippen LogP contribution is -2.40. The van der Waals surface area contributed by atoms with Gasteiger partial charge >= 0.3 is 0 Å². The predicted octanol–water partition coefficient (Wildman–Crippen LogP) is 2.28. The van der Waals surface area contributed by atoms with E-state index in [2.05, 4.69) is 5.16 Å². The number of aryl methyl sites for hydroxylation is 1. The molecule has 1 fully saturated rings. The SMILES string of the molecule is Cc1ccsc1C(=O)N1CC[C@@]2(CC(C(=O)N(C)C(C)C)=NO2)C1. The van der Waals surface area contributed by atoms with Crippen molar-refractivity contribution in [2.45, 2.75) is 45.3 Å². The average molecular weight is 349 g/mol. The first-order valence-electron chi connectivity index (χ1n) is 8.18. The fraction of sp³-hybridized carbons (Fsp3) is 0.588. The maximum absolute atomic E-state index is 12.7. The van der Waals surface area contributed by atoms with Gasteiger partial charge in [0, 0.05) is 32.5 Å². The zero-order valence-corrected chi connectivity index (χ0v) is 15.4. The van der Waals surface area contributed by atoms with Gasteiger partial charge in [0.25, 0.3) is 11.8 Å². The minimum atomic E-state index is -0.538. The smallest absolute Gasteiger partial charge is 0.271 e. The van der Waals surface area contributed by atoms with E-state index < -0.39 is 5.60 Å². The summed E-state index contributed by atoms with van der Waals surface area (Å²) in [4.78, 5) is 35.0. The molecule has 3 heterocycles. The van der Waals surface area contributed by atoms with Crippen molar-refractivity contribution in [3.05, 3.63) is 21.9 Å². The molecule has 0 unspecified atom stereocenters. The van der Waals surface area contributed by atoms with Crippen molar-refractivity contribution in [2.75, 3.05) is 20.1 Å². The highest BCUT2D eigenvalue weighted by Gasteiger charge is 2.48. The van der Waals surface area contributed by atoms with Gasteiger partial charge in [-0.05, 0) is 37.8 Å². The van der Waals surface area contributed by atoms with Crippen LogP contribution in [-0.2, 0) is 9.63 Å². The highest BCUT2D eigenvalue weighted by molar-refractivity contribution is 7.12. The molecule has 1 spiro atoms. The van der Waals surface area contributed by atoms with Crippen LogP contribution in [0.1, 0.15) is 41.9 Å². The van der Waals surface area contributed by atoms with Crippen LogP contribution in [0.25, 0.3) is 0 Å². The van der Waals surface area contributed by atoms with Gasteiger partial charge in [0.2, 0.25) is 0 Å². The summed E-state index contributed by atoms with van der Waals surface area (Å²) in [5.74, 6) is -0.0530. The van der Waals surface area contributed by atoms with E-state index in [-0.39, 0.29) is 17.9 Å². The number of nitrogens with zero attached hydrogens (tertiary/aromatic N) is 3. The minimum absolute atomic E-state index is 0.0436. The van der Waals surface area contributed by atoms with E-state index in [1.54, 1.807) is 11.9 Å². The molecule has 1 aromatic rings. The third-order valence-corrected chi connectivity index (χ3v) is 5.85. The Morgan fingerprint density at radius 2 is 2.21 bits per heavy atom. The third kappa shape index (κ3) is 2.92. The lowest BCUT2D eigenvalue weighted by atomic mass is 9.96. The van der Waals surface area contributed by atoms with Crippen molar-refractivity contribution in [1.82, 2.24) is 9.80 Å². The minimum Gasteiger partial charge on any atom is -0.386 e. The summed E-state index contributed by atoms with van der Waals surface area (Å²) in [7, 11) is 1.77. The highest BCUT2D eigenvalue weighted by atomic mass is 32.1. The first-order valence-corrected chi connectivity index (χ1v) is 9.06. The average Bonchev–Trinajstić information content (AvgIpc) is 3.26. The molecule has 6 nitrogen and oxygen atoms in total. The van der Waals surface area contributed by atoms with Gasteiger partial charge in [0.15, 0.2) is 5.60 Å². The number of hydrogen-bond donors (Lipinski definition) is 0. The monoisotopic (exact) mass is 349 g/mol. The number of carbonyl (C=O) groups is 2. The second-order valence-electron chi connectivity index (χ2n) is 6.91. The van der Waals surface area contributed by atoms with Crippen LogP contribution in [0, 0.1) is 6.92 Å². The zero-order valence-electron chi connectivity index (χ0n) is 14.5. The Bertz CT molecular complexity index is 697. The number of rotatable bonds is 3. The van der Waals surface area contributed by atoms with E-state index >= 15 is 0 Å². The summed E-state index contributed by atoms with van der Waals surface area (Å²) in [6, 6.07) is 2.07. The van der Waals surface area contributed by atoms with E-state index in [4.69, 9.17) is 4.84 Å². The maximum Gasteiger partial charge on any atom is 0.271 e. The Kier molecular flexibility index (Phi) is 4.38. The molecule has 0 N–H and O–H groups in total. The molecule has 3 rings (SSSR count). The largest absolute Gasteiger partial charge is 0.386 e. The fourth-order valence-electron chi connectivity index (χ4n) is 3.05. The number of oxime groups is 1. The van der Waals surface area contributed by atoms with E-state index in [0.29, 0.717) is 31.6 Å². The summed E-state index contributed by atoms with van der Waals surface area (Å²) >= 11 is 1.47. The van der Waals surface area contributed by atoms with Crippen LogP contribution in [0.5, 0.6) is 0 Å². The van der Waals surface area contributed by atoms with Crippen LogP contribution < -0.4 is 0 Å². The summed E-state index contributed by atoms with van der Waals surface area (Å²) in [5, 5.41) is 5.97. The van der Waals surface area contributed by atoms with Crippen LogP contribution in [0.2, 0.25) is 0 Å². The molecule has 1 aromatic heterocycles. The maximum atomic E-state index is 12.7. The van der Waals surface area contributed by atoms with Crippen LogP contribution >= 0.6 is 11.3 Å². The molecule has 130 valence electrons. The summed E-state index contributed by atoms with van der Waals surface area (Å²) < 4.78 is 0. The van der Waals surface area contributed by atoms with Crippen LogP contribution in [0.3, 0.4) is 0 Å². The van der Waals surface area contributed by atoms with Gasteiger partial charge in [-0.1, -0.05) is 5.16 Å². The van der Waals surface area contributed by atoms with Crippen LogP contribution in [-0.4, -0.2) is 59.1 Å². The zero-order chi connectivity index (χ0) is 17.5. The lowest BCUT2D eigenvalue weighted by Gasteiger charge is -2.23. The van der Waals surface area contributed by atoms with Crippen molar-refractivity contribution >= 4 is 28.9 Å². The van der Waals surface area contributed by atoms with Crippen molar-refractivity contribution < 1.29 is 14.4 Å². The molecule has 1 saturated heterocycles. The summed E-state index contributed by atoms with van der Waals surface area (Å²) in [6.07, 6.45) is 1.17. The van der Waals surface area contributed by atoms with E-state index in [9.17, 15) is 9.59 Å². The molecule has 0 radical (unpaired) electrons. The van der Waals surface area contributed by atoms with Gasteiger partial charge in [-0.2, -0.15) is 0 Å². The molecule has 2 aliphatic heterocycles. The highest BCUT2D eigenvalue weighted by Crippen LogP contribution is 2.35. The summed E-state index contributed by atoms with van der Waals surface area (Å²) in [6.45, 7) is 6.98. The standard InChI is InChI=1S/C17H23N3O3S/c1-11(2)19(4)15(21)13-9-17(23-18-13)6-7-20(10-17)16(22)14-12(3)5-8-24-14/h5,8,11H,6-7,9-10H2,1-4H3/t17-/m1/s1. The van der Waals surface area contributed by atoms with Gasteiger partial charge in [-0.3, -0.25) is 9.59 Å². The van der Waals surface area contributed by atoms with Gasteiger partial charge < -0.3 is 14.6 Å². The Morgan fingerprint density at radius 1 is 1.46 bits per heavy atom. The molecule has 0 aromatic carbocycles. The number of likely N-dealkylation sites (tertiary alicyclic amines) is 1. The Hall–Kier alpha value is -1.89. The Labute approximate surface area is 146 Å². The summed E-state index contributed by atoms with van der Waals surface area (Å²) in [5.41, 5.74) is 0.917. The van der Waals surface area contributed by atoms with Crippen molar-refractivity contribution in [3.63, 3.8) is 0 Å². The number of amides is 2. The third-order valence-electron chi connectivity index (χ3n) is 4.84. The molecule has 24 heavy (non-hydrogen) atoms. The molecule has 0 saturated carbocycles. The second-order valence-corrected chi connectivity index (χ2v) is 7.82. The fourth-order valence-corrected chi connectivity index (χ4v) is 3.94. The molecule has 7 heteroatoms.